The van der Waals surface area contributed by atoms with Crippen LogP contribution in [0.15, 0.2) is 29.3 Å². The predicted octanol–water partition coefficient (Wildman–Crippen LogP) is 4.11. The molecule has 0 N–H and O–H groups in total. The van der Waals surface area contributed by atoms with Gasteiger partial charge in [-0.1, -0.05) is 33.3 Å². The van der Waals surface area contributed by atoms with E-state index in [1.165, 1.54) is 5.56 Å². The Labute approximate surface area is 116 Å². The van der Waals surface area contributed by atoms with E-state index >= 15 is 0 Å². The zero-order valence-corrected chi connectivity index (χ0v) is 12.6. The summed E-state index contributed by atoms with van der Waals surface area (Å²) in [5.41, 5.74) is 2.35. The van der Waals surface area contributed by atoms with Gasteiger partial charge in [0.05, 0.1) is 5.69 Å². The van der Waals surface area contributed by atoms with E-state index < -0.39 is 0 Å². The summed E-state index contributed by atoms with van der Waals surface area (Å²) >= 11 is 3.48. The molecule has 2 heterocycles. The molecule has 0 fully saturated rings. The van der Waals surface area contributed by atoms with Crippen LogP contribution >= 0.6 is 15.9 Å². The number of imidazole rings is 1. The van der Waals surface area contributed by atoms with Crippen LogP contribution in [-0.4, -0.2) is 14.5 Å². The van der Waals surface area contributed by atoms with Crippen LogP contribution in [0.2, 0.25) is 0 Å². The first kappa shape index (κ1) is 13.3. The Morgan fingerprint density at radius 3 is 2.67 bits per heavy atom. The van der Waals surface area contributed by atoms with Crippen molar-refractivity contribution in [3.05, 3.63) is 40.5 Å². The fourth-order valence-corrected chi connectivity index (χ4v) is 2.33. The van der Waals surface area contributed by atoms with E-state index in [9.17, 15) is 0 Å². The van der Waals surface area contributed by atoms with E-state index in [4.69, 9.17) is 0 Å². The summed E-state index contributed by atoms with van der Waals surface area (Å²) in [6.45, 7) is 6.49. The summed E-state index contributed by atoms with van der Waals surface area (Å²) in [6.07, 6.45) is 6.08. The Bertz CT molecular complexity index is 514. The van der Waals surface area contributed by atoms with E-state index in [2.05, 4.69) is 52.7 Å². The van der Waals surface area contributed by atoms with Gasteiger partial charge < -0.3 is 0 Å². The van der Waals surface area contributed by atoms with Gasteiger partial charge in [-0.3, -0.25) is 4.57 Å². The average molecular weight is 308 g/mol. The van der Waals surface area contributed by atoms with Crippen molar-refractivity contribution in [1.82, 2.24) is 14.5 Å². The second-order valence-electron chi connectivity index (χ2n) is 4.73. The molecule has 0 aliphatic carbocycles. The minimum atomic E-state index is 0.508. The van der Waals surface area contributed by atoms with Gasteiger partial charge in [-0.15, -0.1) is 0 Å². The Balaban J connectivity index is 2.30. The fraction of sp³-hybridized carbons (Fsp3) is 0.429. The van der Waals surface area contributed by atoms with E-state index in [-0.39, 0.29) is 0 Å². The second-order valence-corrected chi connectivity index (χ2v) is 5.43. The van der Waals surface area contributed by atoms with Crippen molar-refractivity contribution in [2.75, 3.05) is 0 Å². The molecule has 0 aliphatic heterocycles. The zero-order chi connectivity index (χ0) is 13.1. The highest BCUT2D eigenvalue weighted by atomic mass is 79.9. The molecule has 0 amide bonds. The lowest BCUT2D eigenvalue weighted by Crippen LogP contribution is -1.98. The van der Waals surface area contributed by atoms with Crippen molar-refractivity contribution in [3.63, 3.8) is 0 Å². The highest BCUT2D eigenvalue weighted by Crippen LogP contribution is 2.19. The third-order valence-electron chi connectivity index (χ3n) is 2.90. The van der Waals surface area contributed by atoms with E-state index in [0.29, 0.717) is 5.92 Å². The molecular weight excluding hydrogens is 290 g/mol. The number of pyridine rings is 1. The molecule has 96 valence electrons. The highest BCUT2D eigenvalue weighted by molar-refractivity contribution is 9.10. The number of hydrogen-bond acceptors (Lipinski definition) is 2. The van der Waals surface area contributed by atoms with E-state index in [0.717, 1.165) is 29.1 Å². The summed E-state index contributed by atoms with van der Waals surface area (Å²) in [6, 6.07) is 4.16. The van der Waals surface area contributed by atoms with Gasteiger partial charge in [-0.25, -0.2) is 9.97 Å². The number of aromatic nitrogens is 3. The molecule has 3 nitrogen and oxygen atoms in total. The smallest absolute Gasteiger partial charge is 0.183 e. The molecule has 0 aromatic carbocycles. The summed E-state index contributed by atoms with van der Waals surface area (Å²) in [7, 11) is 0. The van der Waals surface area contributed by atoms with Crippen LogP contribution in [0.25, 0.3) is 5.82 Å². The Kier molecular flexibility index (Phi) is 4.17. The third kappa shape index (κ3) is 2.80. The molecule has 18 heavy (non-hydrogen) atoms. The van der Waals surface area contributed by atoms with Gasteiger partial charge in [0, 0.05) is 12.4 Å². The fourth-order valence-electron chi connectivity index (χ4n) is 1.82. The molecule has 0 saturated heterocycles. The Hall–Kier alpha value is -1.16. The zero-order valence-electron chi connectivity index (χ0n) is 11.0. The van der Waals surface area contributed by atoms with Crippen LogP contribution in [0, 0.1) is 0 Å². The molecule has 0 spiro atoms. The van der Waals surface area contributed by atoms with Crippen molar-refractivity contribution >= 4 is 15.9 Å². The SMILES string of the molecule is CCCc1cn(-c2ccc(C(C)C)cn2)c(Br)n1. The van der Waals surface area contributed by atoms with Crippen LogP contribution in [0.4, 0.5) is 0 Å². The molecule has 2 aromatic rings. The molecule has 0 unspecified atom stereocenters. The molecule has 2 aromatic heterocycles. The summed E-state index contributed by atoms with van der Waals surface area (Å²) in [4.78, 5) is 8.97. The lowest BCUT2D eigenvalue weighted by Gasteiger charge is -2.07. The van der Waals surface area contributed by atoms with Crippen LogP contribution in [0.5, 0.6) is 0 Å². The predicted molar refractivity (Wildman–Crippen MR) is 77.1 cm³/mol. The average Bonchev–Trinajstić information content (AvgIpc) is 2.71. The molecule has 2 rings (SSSR count). The largest absolute Gasteiger partial charge is 0.278 e. The maximum atomic E-state index is 4.50. The van der Waals surface area contributed by atoms with Crippen molar-refractivity contribution in [2.45, 2.75) is 39.5 Å². The molecule has 0 atom stereocenters. The molecule has 0 radical (unpaired) electrons. The lowest BCUT2D eigenvalue weighted by molar-refractivity contribution is 0.849. The van der Waals surface area contributed by atoms with Gasteiger partial charge in [-0.2, -0.15) is 0 Å². The second kappa shape index (κ2) is 5.65. The number of nitrogens with zero attached hydrogens (tertiary/aromatic N) is 3. The monoisotopic (exact) mass is 307 g/mol. The van der Waals surface area contributed by atoms with Crippen LogP contribution < -0.4 is 0 Å². The molecule has 0 bridgehead atoms. The maximum absolute atomic E-state index is 4.50. The first-order valence-corrected chi connectivity index (χ1v) is 7.11. The number of rotatable bonds is 4. The number of hydrogen-bond donors (Lipinski definition) is 0. The highest BCUT2D eigenvalue weighted by Gasteiger charge is 2.08. The minimum Gasteiger partial charge on any atom is -0.278 e. The minimum absolute atomic E-state index is 0.508. The first-order valence-electron chi connectivity index (χ1n) is 6.32. The van der Waals surface area contributed by atoms with Gasteiger partial charge >= 0.3 is 0 Å². The van der Waals surface area contributed by atoms with Crippen molar-refractivity contribution < 1.29 is 0 Å². The van der Waals surface area contributed by atoms with Gasteiger partial charge in [-0.05, 0) is 39.9 Å². The standard InChI is InChI=1S/C14H18BrN3/c1-4-5-12-9-18(14(15)17-12)13-7-6-11(8-16-13)10(2)3/h6-10H,4-5H2,1-3H3. The topological polar surface area (TPSA) is 30.7 Å². The normalized spacial score (nSPS) is 11.2. The third-order valence-corrected chi connectivity index (χ3v) is 3.46. The van der Waals surface area contributed by atoms with Crippen LogP contribution in [0.1, 0.15) is 44.4 Å². The summed E-state index contributed by atoms with van der Waals surface area (Å²) < 4.78 is 2.80. The van der Waals surface area contributed by atoms with E-state index in [1.54, 1.807) is 0 Å². The van der Waals surface area contributed by atoms with Crippen molar-refractivity contribution in [1.29, 1.82) is 0 Å². The number of halogens is 1. The van der Waals surface area contributed by atoms with Gasteiger partial charge in [0.2, 0.25) is 0 Å². The van der Waals surface area contributed by atoms with E-state index in [1.807, 2.05) is 23.0 Å². The Morgan fingerprint density at radius 2 is 2.11 bits per heavy atom. The molecular formula is C14H18BrN3. The summed E-state index contributed by atoms with van der Waals surface area (Å²) in [5, 5.41) is 0. The van der Waals surface area contributed by atoms with Crippen LogP contribution in [-0.2, 0) is 6.42 Å². The van der Waals surface area contributed by atoms with Gasteiger partial charge in [0.1, 0.15) is 5.82 Å². The van der Waals surface area contributed by atoms with Gasteiger partial charge in [0.15, 0.2) is 4.73 Å². The number of aryl methyl sites for hydroxylation is 1. The summed E-state index contributed by atoms with van der Waals surface area (Å²) in [5.74, 6) is 1.41. The maximum Gasteiger partial charge on any atom is 0.183 e. The van der Waals surface area contributed by atoms with Crippen molar-refractivity contribution in [2.24, 2.45) is 0 Å². The molecule has 0 saturated carbocycles. The quantitative estimate of drug-likeness (QED) is 0.851. The molecule has 0 aliphatic rings. The first-order chi connectivity index (χ1) is 8.61. The Morgan fingerprint density at radius 1 is 1.33 bits per heavy atom. The van der Waals surface area contributed by atoms with Gasteiger partial charge in [0.25, 0.3) is 0 Å². The molecule has 4 heteroatoms. The van der Waals surface area contributed by atoms with Crippen LogP contribution in [0.3, 0.4) is 0 Å². The van der Waals surface area contributed by atoms with Crippen molar-refractivity contribution in [3.8, 4) is 5.82 Å². The lowest BCUT2D eigenvalue weighted by atomic mass is 10.1.